The molecule has 0 saturated heterocycles. The zero-order valence-electron chi connectivity index (χ0n) is 23.6. The van der Waals surface area contributed by atoms with E-state index in [1.165, 1.54) is 41.2 Å². The van der Waals surface area contributed by atoms with Crippen molar-refractivity contribution >= 4 is 34.8 Å². The summed E-state index contributed by atoms with van der Waals surface area (Å²) in [5.41, 5.74) is 2.43. The first kappa shape index (κ1) is 28.6. The van der Waals surface area contributed by atoms with Gasteiger partial charge in [0, 0.05) is 38.0 Å². The summed E-state index contributed by atoms with van der Waals surface area (Å²) in [6, 6.07) is 14.4. The molecule has 216 valence electrons. The first-order chi connectivity index (χ1) is 20.1. The number of hydrogen-bond acceptors (Lipinski definition) is 10. The van der Waals surface area contributed by atoms with Crippen LogP contribution in [0.5, 0.6) is 5.75 Å². The third kappa shape index (κ3) is 5.23. The van der Waals surface area contributed by atoms with E-state index in [0.29, 0.717) is 43.4 Å². The minimum atomic E-state index is -0.736. The molecule has 4 aromatic rings. The smallest absolute Gasteiger partial charge is 0.338 e. The van der Waals surface area contributed by atoms with Gasteiger partial charge >= 0.3 is 5.97 Å². The monoisotopic (exact) mass is 588 g/mol. The molecule has 5 rings (SSSR count). The predicted molar refractivity (Wildman–Crippen MR) is 159 cm³/mol. The Balaban J connectivity index is 1.62. The molecule has 0 fully saturated rings. The summed E-state index contributed by atoms with van der Waals surface area (Å²) in [6.07, 6.45) is 1.59. The lowest BCUT2D eigenvalue weighted by molar-refractivity contribution is -0.384. The van der Waals surface area contributed by atoms with Gasteiger partial charge in [-0.05, 0) is 49.7 Å². The lowest BCUT2D eigenvalue weighted by Crippen LogP contribution is -2.39. The molecule has 0 spiro atoms. The summed E-state index contributed by atoms with van der Waals surface area (Å²) in [7, 11) is 5.33. The van der Waals surface area contributed by atoms with Crippen molar-refractivity contribution in [1.29, 1.82) is 0 Å². The minimum absolute atomic E-state index is 0.108. The molecule has 3 heterocycles. The Labute approximate surface area is 244 Å². The number of rotatable bonds is 8. The van der Waals surface area contributed by atoms with E-state index in [0.717, 1.165) is 11.3 Å². The van der Waals surface area contributed by atoms with Crippen LogP contribution in [0.1, 0.15) is 31.2 Å². The van der Waals surface area contributed by atoms with Gasteiger partial charge in [-0.15, -0.1) is 0 Å². The Hall–Kier alpha value is -4.97. The van der Waals surface area contributed by atoms with Crippen molar-refractivity contribution in [2.75, 3.05) is 32.7 Å². The number of nitro benzene ring substituents is 1. The Bertz CT molecular complexity index is 1900. The van der Waals surface area contributed by atoms with Crippen molar-refractivity contribution in [1.82, 2.24) is 4.57 Å². The second-order valence-electron chi connectivity index (χ2n) is 9.63. The van der Waals surface area contributed by atoms with E-state index in [1.54, 1.807) is 32.1 Å². The number of fused-ring (bicyclic) bond motifs is 1. The van der Waals surface area contributed by atoms with E-state index in [-0.39, 0.29) is 17.9 Å². The molecule has 2 aromatic carbocycles. The van der Waals surface area contributed by atoms with Gasteiger partial charge in [-0.2, -0.15) is 0 Å². The molecular formula is C30H28N4O7S. The average molecular weight is 589 g/mol. The molecule has 42 heavy (non-hydrogen) atoms. The summed E-state index contributed by atoms with van der Waals surface area (Å²) in [5, 5.41) is 11.3. The van der Waals surface area contributed by atoms with E-state index in [2.05, 4.69) is 4.99 Å². The van der Waals surface area contributed by atoms with E-state index in [1.807, 2.05) is 43.3 Å². The first-order valence-electron chi connectivity index (χ1n) is 13.0. The normalized spacial score (nSPS) is 14.8. The highest BCUT2D eigenvalue weighted by Gasteiger charge is 2.33. The molecule has 0 bridgehead atoms. The Morgan fingerprint density at radius 2 is 1.93 bits per heavy atom. The maximum absolute atomic E-state index is 13.9. The molecule has 0 N–H and O–H groups in total. The van der Waals surface area contributed by atoms with Gasteiger partial charge in [0.1, 0.15) is 17.3 Å². The van der Waals surface area contributed by atoms with Crippen LogP contribution in [-0.2, 0) is 9.53 Å². The van der Waals surface area contributed by atoms with Crippen molar-refractivity contribution in [3.8, 4) is 17.1 Å². The fourth-order valence-corrected chi connectivity index (χ4v) is 5.79. The van der Waals surface area contributed by atoms with E-state index >= 15 is 0 Å². The van der Waals surface area contributed by atoms with Crippen LogP contribution in [0.15, 0.2) is 80.1 Å². The number of hydrogen-bond donors (Lipinski definition) is 0. The molecule has 0 aliphatic carbocycles. The maximum Gasteiger partial charge on any atom is 0.338 e. The SMILES string of the molecule is CCOC(=O)C1=C(C)N=c2s/c(=C/c3ccc(-c4cc([N+](=O)[O-])ccc4OC)o3)c(=O)n2[C@H]1c1ccc(N(C)C)cc1. The topological polar surface area (TPSA) is 129 Å². The lowest BCUT2D eigenvalue weighted by Gasteiger charge is -2.25. The molecule has 12 heteroatoms. The minimum Gasteiger partial charge on any atom is -0.496 e. The number of anilines is 1. The number of aromatic nitrogens is 1. The third-order valence-corrected chi connectivity index (χ3v) is 7.78. The first-order valence-corrected chi connectivity index (χ1v) is 13.8. The number of nitrogens with zero attached hydrogens (tertiary/aromatic N) is 4. The lowest BCUT2D eigenvalue weighted by atomic mass is 9.95. The van der Waals surface area contributed by atoms with Crippen LogP contribution in [0.2, 0.25) is 0 Å². The second-order valence-corrected chi connectivity index (χ2v) is 10.6. The van der Waals surface area contributed by atoms with Crippen LogP contribution in [-0.4, -0.2) is 43.3 Å². The molecule has 1 aliphatic heterocycles. The maximum atomic E-state index is 13.9. The van der Waals surface area contributed by atoms with Crippen LogP contribution in [0, 0.1) is 10.1 Å². The molecule has 2 aromatic heterocycles. The fourth-order valence-electron chi connectivity index (χ4n) is 4.77. The third-order valence-electron chi connectivity index (χ3n) is 6.80. The molecule has 0 saturated carbocycles. The summed E-state index contributed by atoms with van der Waals surface area (Å²) in [5.74, 6) is 0.574. The van der Waals surface area contributed by atoms with Crippen molar-refractivity contribution in [3.05, 3.63) is 107 Å². The Morgan fingerprint density at radius 3 is 2.57 bits per heavy atom. The summed E-state index contributed by atoms with van der Waals surface area (Å²) < 4.78 is 18.6. The largest absolute Gasteiger partial charge is 0.496 e. The zero-order chi connectivity index (χ0) is 30.1. The van der Waals surface area contributed by atoms with Gasteiger partial charge in [0.15, 0.2) is 4.80 Å². The summed E-state index contributed by atoms with van der Waals surface area (Å²) in [4.78, 5) is 44.8. The quantitative estimate of drug-likeness (QED) is 0.171. The molecule has 0 radical (unpaired) electrons. The second kappa shape index (κ2) is 11.5. The molecule has 11 nitrogen and oxygen atoms in total. The van der Waals surface area contributed by atoms with Gasteiger partial charge in [0.25, 0.3) is 11.2 Å². The standard InChI is InChI=1S/C30H28N4O7S/c1-6-40-29(36)26-17(2)31-30-33(27(26)18-7-9-19(10-8-18)32(3)4)28(35)25(42-30)16-21-12-14-24(41-21)22-15-20(34(37)38)11-13-23(22)39-5/h7-16,27H,6H2,1-5H3/b25-16+/t27-/m0/s1. The molecular weight excluding hydrogens is 560 g/mol. The van der Waals surface area contributed by atoms with Gasteiger partial charge in [0.2, 0.25) is 0 Å². The Morgan fingerprint density at radius 1 is 1.19 bits per heavy atom. The van der Waals surface area contributed by atoms with Crippen LogP contribution in [0.3, 0.4) is 0 Å². The number of methoxy groups -OCH3 is 1. The van der Waals surface area contributed by atoms with E-state index < -0.39 is 16.9 Å². The number of benzene rings is 2. The molecule has 1 atom stereocenters. The van der Waals surface area contributed by atoms with Crippen LogP contribution >= 0.6 is 11.3 Å². The highest BCUT2D eigenvalue weighted by molar-refractivity contribution is 7.07. The Kier molecular flexibility index (Phi) is 7.81. The summed E-state index contributed by atoms with van der Waals surface area (Å²) >= 11 is 1.17. The number of carbonyl (C=O) groups is 1. The number of ether oxygens (including phenoxy) is 2. The van der Waals surface area contributed by atoms with Crippen molar-refractivity contribution < 1.29 is 23.6 Å². The number of non-ortho nitro benzene ring substituents is 1. The summed E-state index contributed by atoms with van der Waals surface area (Å²) in [6.45, 7) is 3.64. The van der Waals surface area contributed by atoms with Crippen molar-refractivity contribution in [2.45, 2.75) is 19.9 Å². The van der Waals surface area contributed by atoms with Gasteiger partial charge in [-0.25, -0.2) is 9.79 Å². The number of esters is 1. The van der Waals surface area contributed by atoms with Crippen LogP contribution in [0.4, 0.5) is 11.4 Å². The predicted octanol–water partition coefficient (Wildman–Crippen LogP) is 4.04. The fraction of sp³-hybridized carbons (Fsp3) is 0.233. The van der Waals surface area contributed by atoms with Gasteiger partial charge in [-0.3, -0.25) is 19.5 Å². The van der Waals surface area contributed by atoms with Gasteiger partial charge < -0.3 is 18.8 Å². The highest BCUT2D eigenvalue weighted by atomic mass is 32.1. The number of thiazole rings is 1. The number of nitro groups is 1. The zero-order valence-corrected chi connectivity index (χ0v) is 24.4. The van der Waals surface area contributed by atoms with Crippen molar-refractivity contribution in [3.63, 3.8) is 0 Å². The van der Waals surface area contributed by atoms with E-state index in [9.17, 15) is 19.7 Å². The average Bonchev–Trinajstić information content (AvgIpc) is 3.56. The van der Waals surface area contributed by atoms with Crippen molar-refractivity contribution in [2.24, 2.45) is 4.99 Å². The van der Waals surface area contributed by atoms with Crippen LogP contribution in [0.25, 0.3) is 17.4 Å². The van der Waals surface area contributed by atoms with Gasteiger partial charge in [-0.1, -0.05) is 23.5 Å². The molecule has 1 aliphatic rings. The van der Waals surface area contributed by atoms with Crippen LogP contribution < -0.4 is 24.5 Å². The van der Waals surface area contributed by atoms with E-state index in [4.69, 9.17) is 13.9 Å². The highest BCUT2D eigenvalue weighted by Crippen LogP contribution is 2.35. The number of carbonyl (C=O) groups excluding carboxylic acids is 1. The number of allylic oxidation sites excluding steroid dienone is 1. The van der Waals surface area contributed by atoms with Gasteiger partial charge in [0.05, 0.1) is 46.0 Å². The number of furan rings is 1. The molecule has 0 amide bonds. The molecule has 0 unspecified atom stereocenters.